The maximum absolute atomic E-state index is 12.8. The van der Waals surface area contributed by atoms with E-state index in [0.717, 1.165) is 5.56 Å². The van der Waals surface area contributed by atoms with Crippen LogP contribution in [0.2, 0.25) is 0 Å². The number of ether oxygens (including phenoxy) is 2. The van der Waals surface area contributed by atoms with Crippen LogP contribution in [0.5, 0.6) is 0 Å². The fourth-order valence-electron chi connectivity index (χ4n) is 2.71. The standard InChI is InChI=1S/C16H21N5O4/c1-23-11-13-19-14(25-20-13)10-18-16(22)15(12-3-2-4-17-9-12)21-5-7-24-8-6-21/h2-4,9,15H,5-8,10-11H2,1H3,(H,18,22). The highest BCUT2D eigenvalue weighted by atomic mass is 16.5. The number of aromatic nitrogens is 3. The Morgan fingerprint density at radius 3 is 3.00 bits per heavy atom. The first-order valence-electron chi connectivity index (χ1n) is 8.07. The minimum Gasteiger partial charge on any atom is -0.379 e. The molecule has 1 aliphatic rings. The zero-order valence-corrected chi connectivity index (χ0v) is 14.1. The average Bonchev–Trinajstić information content (AvgIpc) is 3.10. The van der Waals surface area contributed by atoms with Crippen LogP contribution in [-0.4, -0.2) is 59.3 Å². The normalized spacial score (nSPS) is 16.5. The lowest BCUT2D eigenvalue weighted by Crippen LogP contribution is -2.45. The Kier molecular flexibility index (Phi) is 6.04. The summed E-state index contributed by atoms with van der Waals surface area (Å²) in [7, 11) is 1.55. The van der Waals surface area contributed by atoms with Crippen molar-refractivity contribution in [3.05, 3.63) is 41.8 Å². The van der Waals surface area contributed by atoms with E-state index in [1.54, 1.807) is 19.5 Å². The number of hydrogen-bond donors (Lipinski definition) is 1. The summed E-state index contributed by atoms with van der Waals surface area (Å²) in [5, 5.41) is 6.64. The van der Waals surface area contributed by atoms with Crippen LogP contribution < -0.4 is 5.32 Å². The molecule has 3 heterocycles. The quantitative estimate of drug-likeness (QED) is 0.763. The van der Waals surface area contributed by atoms with Gasteiger partial charge in [0, 0.05) is 32.6 Å². The molecule has 25 heavy (non-hydrogen) atoms. The summed E-state index contributed by atoms with van der Waals surface area (Å²) in [6.45, 7) is 3.01. The summed E-state index contributed by atoms with van der Waals surface area (Å²) in [4.78, 5) is 23.2. The van der Waals surface area contributed by atoms with Crippen LogP contribution in [-0.2, 0) is 27.4 Å². The Hall–Kier alpha value is -2.36. The van der Waals surface area contributed by atoms with Crippen molar-refractivity contribution in [1.82, 2.24) is 25.3 Å². The van der Waals surface area contributed by atoms with E-state index >= 15 is 0 Å². The molecule has 0 saturated carbocycles. The van der Waals surface area contributed by atoms with Gasteiger partial charge in [0.05, 0.1) is 19.8 Å². The van der Waals surface area contributed by atoms with E-state index in [2.05, 4.69) is 25.3 Å². The first-order valence-corrected chi connectivity index (χ1v) is 8.07. The minimum atomic E-state index is -0.432. The van der Waals surface area contributed by atoms with Crippen molar-refractivity contribution in [3.63, 3.8) is 0 Å². The van der Waals surface area contributed by atoms with Crippen molar-refractivity contribution >= 4 is 5.91 Å². The third-order valence-electron chi connectivity index (χ3n) is 3.86. The molecule has 2 aromatic rings. The zero-order valence-electron chi connectivity index (χ0n) is 14.1. The monoisotopic (exact) mass is 347 g/mol. The lowest BCUT2D eigenvalue weighted by molar-refractivity contribution is -0.128. The predicted molar refractivity (Wildman–Crippen MR) is 86.2 cm³/mol. The Labute approximate surface area is 145 Å². The molecule has 1 unspecified atom stereocenters. The lowest BCUT2D eigenvalue weighted by atomic mass is 10.1. The predicted octanol–water partition coefficient (Wildman–Crippen LogP) is 0.301. The molecule has 0 aliphatic carbocycles. The first kappa shape index (κ1) is 17.5. The summed E-state index contributed by atoms with van der Waals surface area (Å²) >= 11 is 0. The van der Waals surface area contributed by atoms with Gasteiger partial charge < -0.3 is 19.3 Å². The van der Waals surface area contributed by atoms with Crippen molar-refractivity contribution in [2.24, 2.45) is 0 Å². The SMILES string of the molecule is COCc1noc(CNC(=O)C(c2cccnc2)N2CCOCC2)n1. The van der Waals surface area contributed by atoms with Gasteiger partial charge in [0.15, 0.2) is 5.82 Å². The third kappa shape index (κ3) is 4.59. The number of nitrogens with one attached hydrogen (secondary N) is 1. The summed E-state index contributed by atoms with van der Waals surface area (Å²) in [6, 6.07) is 3.29. The molecule has 1 amide bonds. The van der Waals surface area contributed by atoms with Gasteiger partial charge in [-0.15, -0.1) is 0 Å². The summed E-state index contributed by atoms with van der Waals surface area (Å²) in [6.07, 6.45) is 3.40. The van der Waals surface area contributed by atoms with Crippen molar-refractivity contribution < 1.29 is 18.8 Å². The molecule has 134 valence electrons. The number of amides is 1. The van der Waals surface area contributed by atoms with Crippen molar-refractivity contribution in [1.29, 1.82) is 0 Å². The van der Waals surface area contributed by atoms with Gasteiger partial charge in [-0.1, -0.05) is 11.2 Å². The number of morpholine rings is 1. The molecule has 1 atom stereocenters. The Morgan fingerprint density at radius 2 is 2.28 bits per heavy atom. The molecular weight excluding hydrogens is 326 g/mol. The van der Waals surface area contributed by atoms with Crippen molar-refractivity contribution in [2.75, 3.05) is 33.4 Å². The van der Waals surface area contributed by atoms with Crippen LogP contribution in [0.3, 0.4) is 0 Å². The van der Waals surface area contributed by atoms with E-state index in [0.29, 0.717) is 38.0 Å². The second kappa shape index (κ2) is 8.65. The highest BCUT2D eigenvalue weighted by Crippen LogP contribution is 2.21. The highest BCUT2D eigenvalue weighted by Gasteiger charge is 2.29. The topological polar surface area (TPSA) is 103 Å². The average molecular weight is 347 g/mol. The molecule has 1 N–H and O–H groups in total. The largest absolute Gasteiger partial charge is 0.379 e. The number of hydrogen-bond acceptors (Lipinski definition) is 8. The van der Waals surface area contributed by atoms with Crippen LogP contribution in [0.1, 0.15) is 23.3 Å². The van der Waals surface area contributed by atoms with Crippen molar-refractivity contribution in [3.8, 4) is 0 Å². The van der Waals surface area contributed by atoms with E-state index in [9.17, 15) is 4.79 Å². The maximum atomic E-state index is 12.8. The highest BCUT2D eigenvalue weighted by molar-refractivity contribution is 5.83. The minimum absolute atomic E-state index is 0.138. The van der Waals surface area contributed by atoms with Gasteiger partial charge >= 0.3 is 0 Å². The number of pyridine rings is 1. The van der Waals surface area contributed by atoms with E-state index in [1.165, 1.54) is 0 Å². The smallest absolute Gasteiger partial charge is 0.246 e. The number of methoxy groups -OCH3 is 1. The van der Waals surface area contributed by atoms with Gasteiger partial charge in [-0.25, -0.2) is 0 Å². The number of carbonyl (C=O) groups is 1. The molecular formula is C16H21N5O4. The molecule has 0 bridgehead atoms. The van der Waals surface area contributed by atoms with Gasteiger partial charge in [0.1, 0.15) is 12.6 Å². The molecule has 0 radical (unpaired) electrons. The number of rotatable bonds is 7. The van der Waals surface area contributed by atoms with Gasteiger partial charge in [-0.2, -0.15) is 4.98 Å². The molecule has 3 rings (SSSR count). The third-order valence-corrected chi connectivity index (χ3v) is 3.86. The lowest BCUT2D eigenvalue weighted by Gasteiger charge is -2.33. The molecule has 2 aromatic heterocycles. The second-order valence-electron chi connectivity index (χ2n) is 5.59. The fraction of sp³-hybridized carbons (Fsp3) is 0.500. The fourth-order valence-corrected chi connectivity index (χ4v) is 2.71. The van der Waals surface area contributed by atoms with E-state index in [-0.39, 0.29) is 19.1 Å². The van der Waals surface area contributed by atoms with E-state index in [1.807, 2.05) is 12.1 Å². The van der Waals surface area contributed by atoms with Crippen molar-refractivity contribution in [2.45, 2.75) is 19.2 Å². The van der Waals surface area contributed by atoms with Crippen LogP contribution in [0.4, 0.5) is 0 Å². The van der Waals surface area contributed by atoms with Crippen LogP contribution in [0.15, 0.2) is 29.0 Å². The molecule has 0 spiro atoms. The molecule has 9 heteroatoms. The number of nitrogens with zero attached hydrogens (tertiary/aromatic N) is 4. The van der Waals surface area contributed by atoms with Crippen LogP contribution in [0, 0.1) is 0 Å². The second-order valence-corrected chi connectivity index (χ2v) is 5.59. The van der Waals surface area contributed by atoms with Gasteiger partial charge in [-0.3, -0.25) is 14.7 Å². The van der Waals surface area contributed by atoms with Crippen LogP contribution >= 0.6 is 0 Å². The summed E-state index contributed by atoms with van der Waals surface area (Å²) in [5.41, 5.74) is 0.840. The van der Waals surface area contributed by atoms with Crippen LogP contribution in [0.25, 0.3) is 0 Å². The summed E-state index contributed by atoms with van der Waals surface area (Å²) < 4.78 is 15.4. The van der Waals surface area contributed by atoms with E-state index in [4.69, 9.17) is 14.0 Å². The molecule has 1 saturated heterocycles. The molecule has 1 fully saturated rings. The molecule has 0 aromatic carbocycles. The Morgan fingerprint density at radius 1 is 1.44 bits per heavy atom. The Balaban J connectivity index is 1.67. The first-order chi connectivity index (χ1) is 12.3. The maximum Gasteiger partial charge on any atom is 0.246 e. The zero-order chi connectivity index (χ0) is 17.5. The van der Waals surface area contributed by atoms with E-state index < -0.39 is 6.04 Å². The Bertz CT molecular complexity index is 672. The molecule has 1 aliphatic heterocycles. The van der Waals surface area contributed by atoms with Gasteiger partial charge in [0.25, 0.3) is 0 Å². The van der Waals surface area contributed by atoms with Gasteiger partial charge in [0.2, 0.25) is 11.8 Å². The summed E-state index contributed by atoms with van der Waals surface area (Å²) in [5.74, 6) is 0.650. The number of carbonyl (C=O) groups excluding carboxylic acids is 1. The van der Waals surface area contributed by atoms with Gasteiger partial charge in [-0.05, 0) is 11.6 Å². The molecule has 9 nitrogen and oxygen atoms in total.